The molecule has 158 valence electrons. The van der Waals surface area contributed by atoms with Crippen molar-refractivity contribution in [3.05, 3.63) is 18.2 Å². The number of methoxy groups -OCH3 is 2. The van der Waals surface area contributed by atoms with Gasteiger partial charge in [0.05, 0.1) is 37.5 Å². The third kappa shape index (κ3) is 4.82. The van der Waals surface area contributed by atoms with Gasteiger partial charge in [-0.3, -0.25) is 4.79 Å². The van der Waals surface area contributed by atoms with Gasteiger partial charge >= 0.3 is 5.97 Å². The number of aliphatic carboxylic acids is 1. The van der Waals surface area contributed by atoms with Gasteiger partial charge in [-0.1, -0.05) is 11.8 Å². The van der Waals surface area contributed by atoms with Gasteiger partial charge in [-0.25, -0.2) is 13.2 Å². The first-order chi connectivity index (χ1) is 13.7. The lowest BCUT2D eigenvalue weighted by molar-refractivity contribution is -0.143. The summed E-state index contributed by atoms with van der Waals surface area (Å²) in [5.41, 5.74) is 0.530. The third-order valence-electron chi connectivity index (χ3n) is 4.38. The van der Waals surface area contributed by atoms with Crippen LogP contribution in [0.4, 0.5) is 5.69 Å². The third-order valence-corrected chi connectivity index (χ3v) is 7.59. The number of amides is 1. The maximum absolute atomic E-state index is 12.2. The fourth-order valence-electron chi connectivity index (χ4n) is 3.20. The van der Waals surface area contributed by atoms with E-state index in [1.807, 2.05) is 0 Å². The molecular weight excluding hydrogens is 424 g/mol. The van der Waals surface area contributed by atoms with E-state index in [1.165, 1.54) is 26.0 Å². The predicted octanol–water partition coefficient (Wildman–Crippen LogP) is 0.406. The van der Waals surface area contributed by atoms with Crippen LogP contribution >= 0.6 is 11.8 Å². The number of sulfone groups is 1. The van der Waals surface area contributed by atoms with Crippen molar-refractivity contribution in [1.29, 1.82) is 0 Å². The van der Waals surface area contributed by atoms with E-state index in [4.69, 9.17) is 19.3 Å². The van der Waals surface area contributed by atoms with Crippen molar-refractivity contribution >= 4 is 44.3 Å². The molecule has 1 N–H and O–H groups in total. The minimum Gasteiger partial charge on any atom is -0.497 e. The molecular formula is C17H20N2O8S2. The Hall–Kier alpha value is -2.31. The molecule has 0 radical (unpaired) electrons. The van der Waals surface area contributed by atoms with Gasteiger partial charge in [-0.15, -0.1) is 0 Å². The van der Waals surface area contributed by atoms with Crippen LogP contribution < -0.4 is 14.4 Å². The number of hydrogen-bond acceptors (Lipinski definition) is 8. The van der Waals surface area contributed by atoms with Gasteiger partial charge in [0.25, 0.3) is 5.91 Å². The van der Waals surface area contributed by atoms with E-state index in [0.29, 0.717) is 22.4 Å². The first kappa shape index (κ1) is 21.4. The van der Waals surface area contributed by atoms with Crippen molar-refractivity contribution < 1.29 is 37.3 Å². The van der Waals surface area contributed by atoms with Crippen molar-refractivity contribution in [3.63, 3.8) is 0 Å². The molecule has 0 aliphatic carbocycles. The molecule has 0 bridgehead atoms. The van der Waals surface area contributed by atoms with Crippen LogP contribution in [0.5, 0.6) is 11.5 Å². The van der Waals surface area contributed by atoms with Crippen LogP contribution in [0.15, 0.2) is 23.2 Å². The van der Waals surface area contributed by atoms with Crippen LogP contribution in [0.1, 0.15) is 0 Å². The Balaban J connectivity index is 1.96. The van der Waals surface area contributed by atoms with Crippen molar-refractivity contribution in [1.82, 2.24) is 0 Å². The van der Waals surface area contributed by atoms with Crippen molar-refractivity contribution in [2.75, 3.05) is 43.8 Å². The van der Waals surface area contributed by atoms with Crippen LogP contribution in [0, 0.1) is 0 Å². The van der Waals surface area contributed by atoms with Gasteiger partial charge in [0.15, 0.2) is 15.0 Å². The van der Waals surface area contributed by atoms with Crippen molar-refractivity contribution in [3.8, 4) is 11.5 Å². The number of rotatable bonds is 7. The van der Waals surface area contributed by atoms with Gasteiger partial charge in [-0.05, 0) is 12.1 Å². The molecule has 0 unspecified atom stereocenters. The predicted molar refractivity (Wildman–Crippen MR) is 107 cm³/mol. The second-order valence-corrected chi connectivity index (χ2v) is 9.74. The maximum Gasteiger partial charge on any atom is 0.329 e. The second-order valence-electron chi connectivity index (χ2n) is 6.38. The number of benzene rings is 1. The largest absolute Gasteiger partial charge is 0.497 e. The molecule has 2 heterocycles. The highest BCUT2D eigenvalue weighted by Gasteiger charge is 2.50. The molecule has 0 aromatic heterocycles. The number of fused-ring (bicyclic) bond motifs is 1. The number of carboxylic acid groups (broad SMARTS) is 1. The number of carboxylic acids is 1. The molecule has 12 heteroatoms. The molecule has 1 aromatic carbocycles. The van der Waals surface area contributed by atoms with E-state index < -0.39 is 41.0 Å². The number of anilines is 1. The van der Waals surface area contributed by atoms with E-state index in [2.05, 4.69) is 4.99 Å². The maximum atomic E-state index is 12.2. The first-order valence-electron chi connectivity index (χ1n) is 8.53. The fourth-order valence-corrected chi connectivity index (χ4v) is 7.12. The molecule has 29 heavy (non-hydrogen) atoms. The van der Waals surface area contributed by atoms with Crippen LogP contribution in [-0.2, 0) is 24.2 Å². The van der Waals surface area contributed by atoms with Gasteiger partial charge in [0.2, 0.25) is 0 Å². The summed E-state index contributed by atoms with van der Waals surface area (Å²) in [6.45, 7) is -1.10. The average Bonchev–Trinajstić information content (AvgIpc) is 3.11. The summed E-state index contributed by atoms with van der Waals surface area (Å²) < 4.78 is 39.8. The van der Waals surface area contributed by atoms with E-state index in [-0.39, 0.29) is 16.8 Å². The lowest BCUT2D eigenvalue weighted by Gasteiger charge is -2.26. The SMILES string of the molecule is COc1ccc(OC)c(N2C(=NC(=O)COCC(=O)O)S[C@H]3CS(=O)(=O)C[C@@H]32)c1. The number of nitrogens with zero attached hydrogens (tertiary/aromatic N) is 2. The lowest BCUT2D eigenvalue weighted by atomic mass is 10.2. The normalized spacial score (nSPS) is 23.8. The number of carbonyl (C=O) groups excluding carboxylic acids is 1. The molecule has 10 nitrogen and oxygen atoms in total. The number of carbonyl (C=O) groups is 2. The highest BCUT2D eigenvalue weighted by atomic mass is 32.2. The summed E-state index contributed by atoms with van der Waals surface area (Å²) in [5.74, 6) is -0.947. The molecule has 1 amide bonds. The first-order valence-corrected chi connectivity index (χ1v) is 11.2. The van der Waals surface area contributed by atoms with Crippen molar-refractivity contribution in [2.45, 2.75) is 11.3 Å². The Morgan fingerprint density at radius 2 is 2.00 bits per heavy atom. The standard InChI is InChI=1S/C17H20N2O8S2/c1-25-10-3-4-13(26-2)11(5-10)19-12-8-29(23,24)9-14(12)28-17(19)18-15(20)6-27-7-16(21)22/h3-5,12,14H,6-9H2,1-2H3,(H,21,22)/t12-,14-/m0/s1. The Morgan fingerprint density at radius 1 is 1.24 bits per heavy atom. The molecule has 0 saturated carbocycles. The quantitative estimate of drug-likeness (QED) is 0.630. The summed E-state index contributed by atoms with van der Waals surface area (Å²) in [7, 11) is -0.231. The molecule has 1 aromatic rings. The molecule has 0 spiro atoms. The summed E-state index contributed by atoms with van der Waals surface area (Å²) in [6, 6.07) is 4.66. The molecule has 2 aliphatic rings. The molecule has 2 saturated heterocycles. The number of thioether (sulfide) groups is 1. The van der Waals surface area contributed by atoms with Gasteiger partial charge < -0.3 is 24.2 Å². The van der Waals surface area contributed by atoms with Crippen LogP contribution in [0.25, 0.3) is 0 Å². The van der Waals surface area contributed by atoms with E-state index >= 15 is 0 Å². The smallest absolute Gasteiger partial charge is 0.329 e. The van der Waals surface area contributed by atoms with Crippen LogP contribution in [-0.4, -0.2) is 80.8 Å². The lowest BCUT2D eigenvalue weighted by Crippen LogP contribution is -2.38. The highest BCUT2D eigenvalue weighted by Crippen LogP contribution is 2.44. The molecule has 2 atom stereocenters. The second kappa shape index (κ2) is 8.59. The Kier molecular flexibility index (Phi) is 6.34. The summed E-state index contributed by atoms with van der Waals surface area (Å²) >= 11 is 1.19. The minimum atomic E-state index is -3.22. The van der Waals surface area contributed by atoms with Crippen molar-refractivity contribution in [2.24, 2.45) is 4.99 Å². The molecule has 2 fully saturated rings. The van der Waals surface area contributed by atoms with E-state index in [9.17, 15) is 18.0 Å². The van der Waals surface area contributed by atoms with E-state index in [0.717, 1.165) is 0 Å². The molecule has 2 aliphatic heterocycles. The minimum absolute atomic E-state index is 0.0200. The Labute approximate surface area is 171 Å². The summed E-state index contributed by atoms with van der Waals surface area (Å²) in [6.07, 6.45) is 0. The monoisotopic (exact) mass is 444 g/mol. The number of aliphatic imine (C=N–C) groups is 1. The Morgan fingerprint density at radius 3 is 2.66 bits per heavy atom. The van der Waals surface area contributed by atoms with Gasteiger partial charge in [0.1, 0.15) is 24.7 Å². The van der Waals surface area contributed by atoms with Gasteiger partial charge in [-0.2, -0.15) is 4.99 Å². The zero-order chi connectivity index (χ0) is 21.2. The van der Waals surface area contributed by atoms with Gasteiger partial charge in [0, 0.05) is 11.3 Å². The summed E-state index contributed by atoms with van der Waals surface area (Å²) in [4.78, 5) is 28.4. The Bertz CT molecular complexity index is 947. The zero-order valence-electron chi connectivity index (χ0n) is 15.7. The van der Waals surface area contributed by atoms with E-state index in [1.54, 1.807) is 23.1 Å². The fraction of sp³-hybridized carbons (Fsp3) is 0.471. The van der Waals surface area contributed by atoms with Crippen LogP contribution in [0.2, 0.25) is 0 Å². The number of amidine groups is 1. The summed E-state index contributed by atoms with van der Waals surface area (Å²) in [5, 5.41) is 8.62. The highest BCUT2D eigenvalue weighted by molar-refractivity contribution is 8.16. The zero-order valence-corrected chi connectivity index (χ0v) is 17.4. The average molecular weight is 444 g/mol. The molecule has 3 rings (SSSR count). The number of hydrogen-bond donors (Lipinski definition) is 1. The van der Waals surface area contributed by atoms with Crippen LogP contribution in [0.3, 0.4) is 0 Å². The topological polar surface area (TPSA) is 132 Å². The number of ether oxygens (including phenoxy) is 3.